The highest BCUT2D eigenvalue weighted by molar-refractivity contribution is 7.47. The molecule has 1 amide bonds. The van der Waals surface area contributed by atoms with Gasteiger partial charge in [0, 0.05) is 24.7 Å². The minimum absolute atomic E-state index is 0.0125. The summed E-state index contributed by atoms with van der Waals surface area (Å²) in [5.74, 6) is -1.02. The Bertz CT molecular complexity index is 1120. The van der Waals surface area contributed by atoms with Crippen LogP contribution in [-0.2, 0) is 23.2 Å². The largest absolute Gasteiger partial charge is 0.472 e. The predicted molar refractivity (Wildman–Crippen MR) is 213 cm³/mol. The summed E-state index contributed by atoms with van der Waals surface area (Å²) in [7, 11) is 1.40. The van der Waals surface area contributed by atoms with Crippen molar-refractivity contribution >= 4 is 19.5 Å². The van der Waals surface area contributed by atoms with Gasteiger partial charge in [0.25, 0.3) is 0 Å². The van der Waals surface area contributed by atoms with Gasteiger partial charge in [-0.1, -0.05) is 121 Å². The molecule has 53 heavy (non-hydrogen) atoms. The predicted octanol–water partition coefficient (Wildman–Crippen LogP) is 7.33. The number of hydrogen-bond acceptors (Lipinski definition) is 8. The summed E-state index contributed by atoms with van der Waals surface area (Å²) in [6.07, 6.45) is 25.7. The van der Waals surface area contributed by atoms with Gasteiger partial charge in [-0.25, -0.2) is 4.57 Å². The van der Waals surface area contributed by atoms with Crippen LogP contribution in [0, 0.1) is 11.8 Å². The van der Waals surface area contributed by atoms with E-state index in [1.54, 1.807) is 18.2 Å². The van der Waals surface area contributed by atoms with E-state index in [1.165, 1.54) is 44.9 Å². The first-order valence-corrected chi connectivity index (χ1v) is 22.0. The number of ketones is 1. The maximum Gasteiger partial charge on any atom is 0.472 e. The molecule has 0 aromatic rings. The molecule has 308 valence electrons. The molecule has 1 saturated carbocycles. The van der Waals surface area contributed by atoms with Gasteiger partial charge in [-0.05, 0) is 38.5 Å². The Labute approximate surface area is 321 Å². The molecule has 5 N–H and O–H groups in total. The van der Waals surface area contributed by atoms with Crippen LogP contribution >= 0.6 is 7.82 Å². The Hall–Kier alpha value is -1.69. The lowest BCUT2D eigenvalue weighted by Gasteiger charge is -2.25. The number of aliphatic hydroxyl groups is 3. The number of amides is 1. The molecule has 11 nitrogen and oxygen atoms in total. The van der Waals surface area contributed by atoms with E-state index in [9.17, 15) is 34.4 Å². The van der Waals surface area contributed by atoms with Gasteiger partial charge < -0.3 is 30.0 Å². The molecule has 7 atom stereocenters. The van der Waals surface area contributed by atoms with Gasteiger partial charge in [0.05, 0.1) is 52.1 Å². The molecule has 1 aliphatic rings. The number of quaternary nitrogens is 1. The number of allylic oxidation sites excluding steroid dienone is 4. The summed E-state index contributed by atoms with van der Waals surface area (Å²) in [4.78, 5) is 35.7. The fourth-order valence-corrected chi connectivity index (χ4v) is 7.05. The zero-order valence-electron chi connectivity index (χ0n) is 33.7. The van der Waals surface area contributed by atoms with Crippen LogP contribution < -0.4 is 5.32 Å². The van der Waals surface area contributed by atoms with Gasteiger partial charge in [-0.3, -0.25) is 18.6 Å². The van der Waals surface area contributed by atoms with E-state index in [0.717, 1.165) is 38.5 Å². The fourth-order valence-electron chi connectivity index (χ4n) is 6.31. The van der Waals surface area contributed by atoms with Crippen molar-refractivity contribution in [2.24, 2.45) is 11.8 Å². The quantitative estimate of drug-likeness (QED) is 0.0204. The minimum Gasteiger partial charge on any atom is -0.392 e. The topological polar surface area (TPSA) is 163 Å². The van der Waals surface area contributed by atoms with E-state index >= 15 is 0 Å². The molecule has 0 aromatic heterocycles. The second-order valence-corrected chi connectivity index (χ2v) is 17.2. The normalized spacial score (nSPS) is 21.2. The van der Waals surface area contributed by atoms with Crippen LogP contribution in [0.5, 0.6) is 0 Å². The highest BCUT2D eigenvalue weighted by atomic mass is 31.2. The van der Waals surface area contributed by atoms with Gasteiger partial charge in [0.15, 0.2) is 0 Å². The van der Waals surface area contributed by atoms with Gasteiger partial charge in [-0.2, -0.15) is 0 Å². The summed E-state index contributed by atoms with van der Waals surface area (Å²) in [6, 6.07) is -0.948. The molecule has 0 aromatic carbocycles. The van der Waals surface area contributed by atoms with Crippen molar-refractivity contribution in [3.05, 3.63) is 36.5 Å². The number of nitrogens with zero attached hydrogens (tertiary/aromatic N) is 1. The highest BCUT2D eigenvalue weighted by Crippen LogP contribution is 2.43. The summed E-state index contributed by atoms with van der Waals surface area (Å²) < 4.78 is 23.4. The van der Waals surface area contributed by atoms with Crippen LogP contribution in [0.2, 0.25) is 0 Å². The van der Waals surface area contributed by atoms with Gasteiger partial charge >= 0.3 is 7.82 Å². The van der Waals surface area contributed by atoms with Crippen LogP contribution in [0.15, 0.2) is 36.5 Å². The van der Waals surface area contributed by atoms with E-state index < -0.39 is 44.7 Å². The van der Waals surface area contributed by atoms with Gasteiger partial charge in [0.2, 0.25) is 5.91 Å². The summed E-state index contributed by atoms with van der Waals surface area (Å²) in [6.45, 7) is 4.43. The van der Waals surface area contributed by atoms with Crippen molar-refractivity contribution in [2.45, 2.75) is 160 Å². The minimum atomic E-state index is -4.41. The van der Waals surface area contributed by atoms with Crippen molar-refractivity contribution in [2.75, 3.05) is 40.9 Å². The number of carbonyl (C=O) groups is 2. The third-order valence-corrected chi connectivity index (χ3v) is 10.7. The fraction of sp³-hybridized carbons (Fsp3) is 0.805. The third-order valence-electron chi connectivity index (χ3n) is 9.73. The zero-order chi connectivity index (χ0) is 39.5. The maximum absolute atomic E-state index is 12.9. The molecule has 0 bridgehead atoms. The molecule has 0 saturated heterocycles. The molecule has 0 spiro atoms. The molecule has 1 aliphatic carbocycles. The molecule has 1 fully saturated rings. The van der Waals surface area contributed by atoms with E-state index in [4.69, 9.17) is 9.05 Å². The smallest absolute Gasteiger partial charge is 0.392 e. The summed E-state index contributed by atoms with van der Waals surface area (Å²) in [5, 5.41) is 34.5. The van der Waals surface area contributed by atoms with E-state index in [0.29, 0.717) is 36.7 Å². The monoisotopic (exact) mass is 772 g/mol. The Morgan fingerprint density at radius 2 is 1.51 bits per heavy atom. The average Bonchev–Trinajstić information content (AvgIpc) is 3.36. The molecular weight excluding hydrogens is 695 g/mol. The van der Waals surface area contributed by atoms with Crippen LogP contribution in [0.3, 0.4) is 0 Å². The van der Waals surface area contributed by atoms with E-state index in [2.05, 4.69) is 19.2 Å². The lowest BCUT2D eigenvalue weighted by Crippen LogP contribution is -2.45. The number of rotatable bonds is 32. The third kappa shape index (κ3) is 25.2. The van der Waals surface area contributed by atoms with Crippen LogP contribution in [-0.4, -0.2) is 102 Å². The summed E-state index contributed by atoms with van der Waals surface area (Å²) in [5.41, 5.74) is 0. The Morgan fingerprint density at radius 1 is 0.887 bits per heavy atom. The van der Waals surface area contributed by atoms with Crippen molar-refractivity contribution in [3.63, 3.8) is 0 Å². The van der Waals surface area contributed by atoms with Crippen LogP contribution in [0.4, 0.5) is 0 Å². The Kier molecular flexibility index (Phi) is 26.7. The van der Waals surface area contributed by atoms with Crippen molar-refractivity contribution in [1.82, 2.24) is 5.32 Å². The van der Waals surface area contributed by atoms with Gasteiger partial charge in [-0.15, -0.1) is 0 Å². The first-order valence-electron chi connectivity index (χ1n) is 20.5. The Morgan fingerprint density at radius 3 is 2.17 bits per heavy atom. The number of aliphatic hydroxyl groups excluding tert-OH is 3. The standard InChI is InChI=1S/C41H75N2O9P/c1-6-8-10-11-12-13-14-15-16-17-22-26-38(45)37(33-52-53(49,50)51-31-30-43(3,4)5)42-41(48)27-23-19-18-21-25-35-36(40(47)32-39(35)46)29-28-34(44)24-20-9-7-2/h18,21-22,26,28-29,34-39,44-46H,6-17,19-20,23-25,27,30-33H2,1-5H3,(H-,42,48,49,50)/p+1/b21-18-,26-22+,29-28+/t34-,35+,36+,37-,38+,39-/m0/s1. The number of carbonyl (C=O) groups excluding carboxylic acids is 2. The number of phosphoric ester groups is 1. The van der Waals surface area contributed by atoms with Crippen molar-refractivity contribution in [1.29, 1.82) is 0 Å². The van der Waals surface area contributed by atoms with E-state index in [1.807, 2.05) is 39.4 Å². The van der Waals surface area contributed by atoms with Crippen molar-refractivity contribution in [3.8, 4) is 0 Å². The van der Waals surface area contributed by atoms with Crippen molar-refractivity contribution < 1.29 is 47.9 Å². The van der Waals surface area contributed by atoms with E-state index in [-0.39, 0.29) is 37.1 Å². The number of unbranched alkanes of at least 4 members (excludes halogenated alkanes) is 12. The molecule has 0 heterocycles. The molecule has 12 heteroatoms. The first-order chi connectivity index (χ1) is 25.2. The lowest BCUT2D eigenvalue weighted by atomic mass is 9.90. The van der Waals surface area contributed by atoms with Crippen LogP contribution in [0.25, 0.3) is 0 Å². The first kappa shape index (κ1) is 49.3. The highest BCUT2D eigenvalue weighted by Gasteiger charge is 2.39. The molecule has 0 aliphatic heterocycles. The number of likely N-dealkylation sites (N-methyl/N-ethyl adjacent to an activating group) is 1. The summed E-state index contributed by atoms with van der Waals surface area (Å²) >= 11 is 0. The Balaban J connectivity index is 2.63. The second kappa shape index (κ2) is 28.7. The van der Waals surface area contributed by atoms with Crippen LogP contribution in [0.1, 0.15) is 136 Å². The molecule has 0 radical (unpaired) electrons. The zero-order valence-corrected chi connectivity index (χ0v) is 34.6. The maximum atomic E-state index is 12.9. The number of phosphoric acid groups is 1. The lowest BCUT2D eigenvalue weighted by molar-refractivity contribution is -0.870. The molecule has 1 unspecified atom stereocenters. The number of nitrogens with one attached hydrogen (secondary N) is 1. The SMILES string of the molecule is CCCCCCCCCCC/C=C/[C@@H](O)[C@H](COP(=O)(O)OCC[N+](C)(C)C)NC(=O)CCC/C=C\C[C@H]1[C@@H](O)CC(=O)[C@@H]1/C=C/[C@@H](O)CCCCC. The average molecular weight is 772 g/mol. The molecule has 1 rings (SSSR count). The number of hydrogen-bond donors (Lipinski definition) is 5. The number of Topliss-reactive ketones (excluding diaryl/α,β-unsaturated/α-hetero) is 1. The second-order valence-electron chi connectivity index (χ2n) is 15.8. The van der Waals surface area contributed by atoms with Gasteiger partial charge in [0.1, 0.15) is 18.9 Å². The molecular formula is C41H76N2O9P+.